The lowest BCUT2D eigenvalue weighted by atomic mass is 9.87. The van der Waals surface area contributed by atoms with E-state index in [-0.39, 0.29) is 34.7 Å². The quantitative estimate of drug-likeness (QED) is 0.172. The molecule has 1 aliphatic heterocycles. The average Bonchev–Trinajstić information content (AvgIpc) is 3.91. The summed E-state index contributed by atoms with van der Waals surface area (Å²) in [5.41, 5.74) is 9.07. The fraction of sp³-hybridized carbons (Fsp3) is 0.188. The van der Waals surface area contributed by atoms with Gasteiger partial charge in [-0.25, -0.2) is 4.98 Å². The van der Waals surface area contributed by atoms with Crippen LogP contribution in [0.3, 0.4) is 0 Å². The minimum absolute atomic E-state index is 0.0212. The van der Waals surface area contributed by atoms with Crippen molar-refractivity contribution in [1.29, 1.82) is 0 Å². The molecule has 6 nitrogen and oxygen atoms in total. The molecule has 9 rings (SSSR count). The van der Waals surface area contributed by atoms with E-state index >= 15 is 0 Å². The monoisotopic (exact) mass is 710 g/mol. The van der Waals surface area contributed by atoms with Crippen LogP contribution in [0, 0.1) is 0 Å². The van der Waals surface area contributed by atoms with Crippen LogP contribution in [-0.4, -0.2) is 20.8 Å². The molecule has 0 amide bonds. The Kier molecular flexibility index (Phi) is 7.11. The SMILES string of the molecule is [2H]c1c(Oc2ccc3c(c2)n(-c2cc(C(C)(C)C)ccn2)c2c4ccccc4n(-c4ccccc4)c32)cc(N2C=CN(c3ccc(C(C)(C)C)cc3)C2)c([2H])c1[2H]. The molecule has 268 valence electrons. The highest BCUT2D eigenvalue weighted by atomic mass is 16.5. The van der Waals surface area contributed by atoms with Crippen LogP contribution >= 0.6 is 0 Å². The summed E-state index contributed by atoms with van der Waals surface area (Å²) in [6.07, 6.45) is 5.77. The number of pyridine rings is 1. The Bertz CT molecular complexity index is 2860. The van der Waals surface area contributed by atoms with E-state index in [0.29, 0.717) is 18.1 Å². The van der Waals surface area contributed by atoms with Crippen molar-refractivity contribution in [2.24, 2.45) is 0 Å². The number of fused-ring (bicyclic) bond motifs is 5. The van der Waals surface area contributed by atoms with E-state index in [1.165, 1.54) is 11.1 Å². The zero-order valence-corrected chi connectivity index (χ0v) is 31.6. The minimum atomic E-state index is -0.189. The predicted octanol–water partition coefficient (Wildman–Crippen LogP) is 12.3. The molecule has 1 aliphatic rings. The number of aromatic nitrogens is 3. The largest absolute Gasteiger partial charge is 0.457 e. The second-order valence-electron chi connectivity index (χ2n) is 16.1. The topological polar surface area (TPSA) is 38.5 Å². The van der Waals surface area contributed by atoms with Gasteiger partial charge in [0.15, 0.2) is 0 Å². The molecule has 0 atom stereocenters. The molecule has 0 unspecified atom stereocenters. The van der Waals surface area contributed by atoms with Crippen LogP contribution in [0.1, 0.15) is 56.8 Å². The van der Waals surface area contributed by atoms with Crippen molar-refractivity contribution in [3.8, 4) is 23.0 Å². The summed E-state index contributed by atoms with van der Waals surface area (Å²) in [5.74, 6) is 1.52. The molecular weight excluding hydrogens is 663 g/mol. The highest BCUT2D eigenvalue weighted by Crippen LogP contribution is 2.42. The van der Waals surface area contributed by atoms with Gasteiger partial charge >= 0.3 is 0 Å². The van der Waals surface area contributed by atoms with Gasteiger partial charge in [0, 0.05) is 58.6 Å². The summed E-state index contributed by atoms with van der Waals surface area (Å²) in [6.45, 7) is 13.7. The number of rotatable bonds is 6. The van der Waals surface area contributed by atoms with Crippen LogP contribution in [0.2, 0.25) is 0 Å². The van der Waals surface area contributed by atoms with E-state index in [1.54, 1.807) is 6.07 Å². The number of para-hydroxylation sites is 2. The van der Waals surface area contributed by atoms with E-state index in [0.717, 1.165) is 50.0 Å². The van der Waals surface area contributed by atoms with E-state index in [1.807, 2.05) is 41.7 Å². The number of benzene rings is 5. The third-order valence-corrected chi connectivity index (χ3v) is 10.4. The maximum atomic E-state index is 8.90. The van der Waals surface area contributed by atoms with Crippen LogP contribution in [0.5, 0.6) is 11.5 Å². The molecule has 0 fully saturated rings. The standard InChI is InChI=1S/C48H45N5O/c1-47(2,3)33-19-21-35(22-20-33)50-27-28-51(32-50)37-15-12-16-38(30-37)54-39-23-24-41-43(31-39)53(44-29-34(25-26-49-44)48(4,5)6)46-40-17-10-11-18-42(40)52(45(41)46)36-13-8-7-9-14-36/h7-31H,32H2,1-6H3/i12D,15D,16D. The Balaban J connectivity index is 1.16. The summed E-state index contributed by atoms with van der Waals surface area (Å²) in [5, 5.41) is 2.12. The lowest BCUT2D eigenvalue weighted by Gasteiger charge is -2.23. The number of hydrogen-bond acceptors (Lipinski definition) is 4. The lowest BCUT2D eigenvalue weighted by Crippen LogP contribution is -2.24. The molecule has 0 saturated carbocycles. The van der Waals surface area contributed by atoms with E-state index in [2.05, 4.69) is 147 Å². The number of hydrogen-bond donors (Lipinski definition) is 0. The van der Waals surface area contributed by atoms with E-state index < -0.39 is 0 Å². The summed E-state index contributed by atoms with van der Waals surface area (Å²) < 4.78 is 37.7. The van der Waals surface area contributed by atoms with Gasteiger partial charge in [0.25, 0.3) is 0 Å². The second kappa shape index (κ2) is 12.7. The smallest absolute Gasteiger partial charge is 0.137 e. The van der Waals surface area contributed by atoms with Crippen molar-refractivity contribution in [1.82, 2.24) is 14.1 Å². The van der Waals surface area contributed by atoms with E-state index in [4.69, 9.17) is 13.8 Å². The molecular formula is C48H45N5O. The summed E-state index contributed by atoms with van der Waals surface area (Å²) >= 11 is 0. The third kappa shape index (κ3) is 5.88. The van der Waals surface area contributed by atoms with Gasteiger partial charge in [0.2, 0.25) is 0 Å². The first-order chi connectivity index (χ1) is 27.3. The molecule has 0 aliphatic carbocycles. The molecule has 0 saturated heterocycles. The van der Waals surface area contributed by atoms with Crippen molar-refractivity contribution < 1.29 is 8.85 Å². The first-order valence-electron chi connectivity index (χ1n) is 20.0. The highest BCUT2D eigenvalue weighted by Gasteiger charge is 2.24. The van der Waals surface area contributed by atoms with Gasteiger partial charge in [0.05, 0.1) is 32.8 Å². The first-order valence-corrected chi connectivity index (χ1v) is 18.5. The molecule has 0 N–H and O–H groups in total. The molecule has 8 aromatic rings. The molecule has 3 aromatic heterocycles. The van der Waals surface area contributed by atoms with Gasteiger partial charge < -0.3 is 19.1 Å². The third-order valence-electron chi connectivity index (χ3n) is 10.4. The van der Waals surface area contributed by atoms with Gasteiger partial charge in [-0.05, 0) is 88.6 Å². The summed E-state index contributed by atoms with van der Waals surface area (Å²) in [7, 11) is 0. The molecule has 6 heteroatoms. The van der Waals surface area contributed by atoms with Crippen LogP contribution in [0.4, 0.5) is 11.4 Å². The Hall–Kier alpha value is -6.27. The molecule has 0 spiro atoms. The Morgan fingerprint density at radius 1 is 0.574 bits per heavy atom. The fourth-order valence-electron chi connectivity index (χ4n) is 7.45. The minimum Gasteiger partial charge on any atom is -0.457 e. The molecule has 0 radical (unpaired) electrons. The Labute approximate surface area is 321 Å². The zero-order valence-electron chi connectivity index (χ0n) is 34.6. The average molecular weight is 711 g/mol. The van der Waals surface area contributed by atoms with Crippen molar-refractivity contribution in [2.75, 3.05) is 16.5 Å². The summed E-state index contributed by atoms with van der Waals surface area (Å²) in [6, 6.07) is 39.0. The maximum Gasteiger partial charge on any atom is 0.137 e. The van der Waals surface area contributed by atoms with Crippen molar-refractivity contribution in [3.63, 3.8) is 0 Å². The number of anilines is 2. The van der Waals surface area contributed by atoms with Crippen LogP contribution in [0.15, 0.2) is 152 Å². The Morgan fingerprint density at radius 2 is 1.26 bits per heavy atom. The molecule has 54 heavy (non-hydrogen) atoms. The molecule has 0 bridgehead atoms. The van der Waals surface area contributed by atoms with Gasteiger partial charge in [-0.2, -0.15) is 0 Å². The predicted molar refractivity (Wildman–Crippen MR) is 225 cm³/mol. The van der Waals surface area contributed by atoms with Crippen molar-refractivity contribution in [3.05, 3.63) is 163 Å². The van der Waals surface area contributed by atoms with Gasteiger partial charge in [-0.1, -0.05) is 96.1 Å². The normalized spacial score (nSPS) is 14.3. The van der Waals surface area contributed by atoms with Gasteiger partial charge in [-0.3, -0.25) is 4.57 Å². The highest BCUT2D eigenvalue weighted by molar-refractivity contribution is 6.20. The zero-order chi connectivity index (χ0) is 39.8. The second-order valence-corrected chi connectivity index (χ2v) is 16.1. The number of nitrogens with zero attached hydrogens (tertiary/aromatic N) is 5. The van der Waals surface area contributed by atoms with E-state index in [9.17, 15) is 0 Å². The van der Waals surface area contributed by atoms with Crippen molar-refractivity contribution >= 4 is 44.2 Å². The van der Waals surface area contributed by atoms with Gasteiger partial charge in [0.1, 0.15) is 17.3 Å². The van der Waals surface area contributed by atoms with Crippen LogP contribution in [0.25, 0.3) is 44.3 Å². The lowest BCUT2D eigenvalue weighted by molar-refractivity contribution is 0.483. The fourth-order valence-corrected chi connectivity index (χ4v) is 7.45. The maximum absolute atomic E-state index is 8.90. The van der Waals surface area contributed by atoms with Crippen LogP contribution in [-0.2, 0) is 10.8 Å². The number of ether oxygens (including phenoxy) is 1. The van der Waals surface area contributed by atoms with Crippen molar-refractivity contribution in [2.45, 2.75) is 52.4 Å². The first kappa shape index (κ1) is 30.2. The molecule has 5 aromatic carbocycles. The van der Waals surface area contributed by atoms with Crippen LogP contribution < -0.4 is 14.5 Å². The Morgan fingerprint density at radius 3 is 2.02 bits per heavy atom. The summed E-state index contributed by atoms with van der Waals surface area (Å²) in [4.78, 5) is 8.98. The molecule has 4 heterocycles. The van der Waals surface area contributed by atoms with Gasteiger partial charge in [-0.15, -0.1) is 0 Å².